The van der Waals surface area contributed by atoms with Gasteiger partial charge in [0.05, 0.1) is 10.6 Å². The molecular formula is C21H23FN2O4S. The van der Waals surface area contributed by atoms with Crippen LogP contribution < -0.4 is 5.32 Å². The molecule has 1 saturated heterocycles. The van der Waals surface area contributed by atoms with Gasteiger partial charge in [0.2, 0.25) is 5.91 Å². The Morgan fingerprint density at radius 2 is 1.76 bits per heavy atom. The minimum absolute atomic E-state index is 0.00572. The van der Waals surface area contributed by atoms with Crippen LogP contribution in [0.25, 0.3) is 0 Å². The van der Waals surface area contributed by atoms with E-state index in [4.69, 9.17) is 0 Å². The third kappa shape index (κ3) is 5.41. The Morgan fingerprint density at radius 1 is 1.10 bits per heavy atom. The van der Waals surface area contributed by atoms with Crippen LogP contribution in [0.2, 0.25) is 0 Å². The van der Waals surface area contributed by atoms with Gasteiger partial charge < -0.3 is 10.2 Å². The van der Waals surface area contributed by atoms with Crippen molar-refractivity contribution in [1.82, 2.24) is 4.90 Å². The monoisotopic (exact) mass is 418 g/mol. The van der Waals surface area contributed by atoms with Gasteiger partial charge in [0, 0.05) is 31.3 Å². The van der Waals surface area contributed by atoms with E-state index in [9.17, 15) is 22.4 Å². The molecule has 0 atom stereocenters. The number of likely N-dealkylation sites (tertiary alicyclic amines) is 1. The summed E-state index contributed by atoms with van der Waals surface area (Å²) in [7, 11) is -3.57. The van der Waals surface area contributed by atoms with Crippen LogP contribution in [0.4, 0.5) is 10.1 Å². The number of piperidine rings is 1. The number of amides is 2. The fourth-order valence-electron chi connectivity index (χ4n) is 3.39. The molecule has 0 unspecified atom stereocenters. The Hall–Kier alpha value is -2.74. The van der Waals surface area contributed by atoms with E-state index in [1.54, 1.807) is 4.90 Å². The summed E-state index contributed by atoms with van der Waals surface area (Å²) in [4.78, 5) is 25.7. The third-order valence-corrected chi connectivity index (χ3v) is 6.95. The van der Waals surface area contributed by atoms with Gasteiger partial charge in [-0.3, -0.25) is 9.59 Å². The van der Waals surface area contributed by atoms with Gasteiger partial charge in [0.15, 0.2) is 9.84 Å². The van der Waals surface area contributed by atoms with Crippen LogP contribution in [0, 0.1) is 11.7 Å². The van der Waals surface area contributed by atoms with Crippen LogP contribution in [0.15, 0.2) is 53.4 Å². The van der Waals surface area contributed by atoms with Crippen LogP contribution in [0.1, 0.15) is 30.1 Å². The topological polar surface area (TPSA) is 83.6 Å². The van der Waals surface area contributed by atoms with Crippen molar-refractivity contribution < 1.29 is 22.4 Å². The summed E-state index contributed by atoms with van der Waals surface area (Å²) in [5.41, 5.74) is 0.628. The van der Waals surface area contributed by atoms with Crippen molar-refractivity contribution in [1.29, 1.82) is 0 Å². The lowest BCUT2D eigenvalue weighted by Crippen LogP contribution is -2.38. The molecule has 8 heteroatoms. The maximum atomic E-state index is 13.0. The summed E-state index contributed by atoms with van der Waals surface area (Å²) in [6, 6.07) is 11.2. The maximum absolute atomic E-state index is 13.0. The third-order valence-electron chi connectivity index (χ3n) is 5.07. The Kier molecular flexibility index (Phi) is 6.32. The lowest BCUT2D eigenvalue weighted by atomic mass is 9.99. The Balaban J connectivity index is 1.68. The van der Waals surface area contributed by atoms with Gasteiger partial charge in [-0.2, -0.15) is 0 Å². The number of sulfone groups is 1. The number of carbonyl (C=O) groups excluding carboxylic acids is 2. The van der Waals surface area contributed by atoms with Gasteiger partial charge in [-0.15, -0.1) is 0 Å². The lowest BCUT2D eigenvalue weighted by molar-refractivity contribution is -0.130. The fourth-order valence-corrected chi connectivity index (χ4v) is 5.13. The van der Waals surface area contributed by atoms with Crippen molar-refractivity contribution in [3.8, 4) is 0 Å². The number of halogens is 1. The molecule has 0 aliphatic carbocycles. The molecule has 1 aliphatic rings. The molecule has 0 radical (unpaired) electrons. The molecule has 0 bridgehead atoms. The van der Waals surface area contributed by atoms with Gasteiger partial charge in [-0.1, -0.05) is 6.07 Å². The zero-order valence-corrected chi connectivity index (χ0v) is 16.9. The summed E-state index contributed by atoms with van der Waals surface area (Å²) in [5, 5.41) is 2.62. The zero-order chi connectivity index (χ0) is 21.0. The maximum Gasteiger partial charge on any atom is 0.255 e. The Morgan fingerprint density at radius 3 is 2.38 bits per heavy atom. The summed E-state index contributed by atoms with van der Waals surface area (Å²) < 4.78 is 38.7. The molecule has 1 heterocycles. The highest BCUT2D eigenvalue weighted by molar-refractivity contribution is 7.91. The molecule has 2 amide bonds. The first-order valence-corrected chi connectivity index (χ1v) is 11.0. The number of carbonyl (C=O) groups is 2. The van der Waals surface area contributed by atoms with E-state index in [1.807, 2.05) is 0 Å². The molecule has 154 valence electrons. The van der Waals surface area contributed by atoms with Crippen molar-refractivity contribution >= 4 is 27.3 Å². The van der Waals surface area contributed by atoms with Crippen molar-refractivity contribution in [2.45, 2.75) is 24.7 Å². The van der Waals surface area contributed by atoms with E-state index in [1.165, 1.54) is 55.5 Å². The van der Waals surface area contributed by atoms with Crippen molar-refractivity contribution in [2.24, 2.45) is 5.92 Å². The van der Waals surface area contributed by atoms with Crippen LogP contribution in [-0.2, 0) is 14.6 Å². The largest absolute Gasteiger partial charge is 0.343 e. The van der Waals surface area contributed by atoms with Crippen LogP contribution in [-0.4, -0.2) is 44.0 Å². The number of rotatable bonds is 5. The summed E-state index contributed by atoms with van der Waals surface area (Å²) in [6.45, 7) is 2.64. The summed E-state index contributed by atoms with van der Waals surface area (Å²) in [5.74, 6) is -0.908. The SMILES string of the molecule is CC(=O)N1CCC(CS(=O)(=O)c2cccc(C(=O)Nc3ccc(F)cc3)c2)CC1. The normalized spacial score (nSPS) is 15.2. The second-order valence-electron chi connectivity index (χ2n) is 7.22. The first kappa shape index (κ1) is 21.0. The molecule has 1 N–H and O–H groups in total. The molecule has 1 aliphatic heterocycles. The minimum Gasteiger partial charge on any atom is -0.343 e. The van der Waals surface area contributed by atoms with Crippen molar-refractivity contribution in [3.05, 3.63) is 59.9 Å². The highest BCUT2D eigenvalue weighted by Gasteiger charge is 2.26. The van der Waals surface area contributed by atoms with E-state index in [0.717, 1.165) is 0 Å². The molecule has 1 fully saturated rings. The summed E-state index contributed by atoms with van der Waals surface area (Å²) >= 11 is 0. The lowest BCUT2D eigenvalue weighted by Gasteiger charge is -2.31. The summed E-state index contributed by atoms with van der Waals surface area (Å²) in [6.07, 6.45) is 1.28. The number of hydrogen-bond acceptors (Lipinski definition) is 4. The van der Waals surface area contributed by atoms with E-state index >= 15 is 0 Å². The molecule has 0 saturated carbocycles. The Labute approximate surface area is 169 Å². The number of nitrogens with one attached hydrogen (secondary N) is 1. The van der Waals surface area contributed by atoms with Crippen LogP contribution in [0.5, 0.6) is 0 Å². The van der Waals surface area contributed by atoms with Crippen LogP contribution >= 0.6 is 0 Å². The van der Waals surface area contributed by atoms with Crippen molar-refractivity contribution in [2.75, 3.05) is 24.2 Å². The van der Waals surface area contributed by atoms with Crippen LogP contribution in [0.3, 0.4) is 0 Å². The number of hydrogen-bond donors (Lipinski definition) is 1. The predicted molar refractivity (Wildman–Crippen MR) is 108 cm³/mol. The molecule has 6 nitrogen and oxygen atoms in total. The molecule has 2 aromatic carbocycles. The van der Waals surface area contributed by atoms with Gasteiger partial charge in [-0.05, 0) is 61.2 Å². The van der Waals surface area contributed by atoms with Gasteiger partial charge in [0.1, 0.15) is 5.82 Å². The predicted octanol–water partition coefficient (Wildman–Crippen LogP) is 3.11. The number of nitrogens with zero attached hydrogens (tertiary/aromatic N) is 1. The molecule has 2 aromatic rings. The second kappa shape index (κ2) is 8.73. The quantitative estimate of drug-likeness (QED) is 0.809. The molecule has 0 aromatic heterocycles. The minimum atomic E-state index is -3.57. The molecular weight excluding hydrogens is 395 g/mol. The smallest absolute Gasteiger partial charge is 0.255 e. The van der Waals surface area contributed by atoms with Gasteiger partial charge in [-0.25, -0.2) is 12.8 Å². The van der Waals surface area contributed by atoms with Crippen molar-refractivity contribution in [3.63, 3.8) is 0 Å². The Bertz CT molecular complexity index is 998. The average molecular weight is 418 g/mol. The number of anilines is 1. The van der Waals surface area contributed by atoms with E-state index in [0.29, 0.717) is 31.6 Å². The van der Waals surface area contributed by atoms with Gasteiger partial charge >= 0.3 is 0 Å². The first-order chi connectivity index (χ1) is 13.7. The molecule has 0 spiro atoms. The highest BCUT2D eigenvalue weighted by atomic mass is 32.2. The second-order valence-corrected chi connectivity index (χ2v) is 9.25. The molecule has 3 rings (SSSR count). The fraction of sp³-hybridized carbons (Fsp3) is 0.333. The average Bonchev–Trinajstić information content (AvgIpc) is 2.70. The van der Waals surface area contributed by atoms with E-state index < -0.39 is 21.6 Å². The van der Waals surface area contributed by atoms with Gasteiger partial charge in [0.25, 0.3) is 5.91 Å². The van der Waals surface area contributed by atoms with E-state index in [-0.39, 0.29) is 28.0 Å². The highest BCUT2D eigenvalue weighted by Crippen LogP contribution is 2.23. The molecule has 29 heavy (non-hydrogen) atoms. The first-order valence-electron chi connectivity index (χ1n) is 9.40. The zero-order valence-electron chi connectivity index (χ0n) is 16.1. The standard InChI is InChI=1S/C21H23FN2O4S/c1-15(25)24-11-9-16(10-12-24)14-29(27,28)20-4-2-3-17(13-20)21(26)23-19-7-5-18(22)6-8-19/h2-8,13,16H,9-12,14H2,1H3,(H,23,26). The number of benzene rings is 2. The van der Waals surface area contributed by atoms with E-state index in [2.05, 4.69) is 5.32 Å².